The summed E-state index contributed by atoms with van der Waals surface area (Å²) in [5.41, 5.74) is 4.88. The Labute approximate surface area is 128 Å². The first-order valence-corrected chi connectivity index (χ1v) is 7.54. The molecule has 0 aliphatic carbocycles. The van der Waals surface area contributed by atoms with Crippen LogP contribution in [0.5, 0.6) is 0 Å². The van der Waals surface area contributed by atoms with Gasteiger partial charge in [-0.05, 0) is 49.5 Å². The van der Waals surface area contributed by atoms with Gasteiger partial charge in [-0.2, -0.15) is 0 Å². The van der Waals surface area contributed by atoms with E-state index in [-0.39, 0.29) is 0 Å². The third kappa shape index (κ3) is 5.32. The van der Waals surface area contributed by atoms with E-state index in [0.717, 1.165) is 31.2 Å². The summed E-state index contributed by atoms with van der Waals surface area (Å²) in [4.78, 5) is 0. The molecule has 0 unspecified atom stereocenters. The predicted molar refractivity (Wildman–Crippen MR) is 92.0 cm³/mol. The SMILES string of the molecule is C=C(CCCCC#Cc1ccccc1)c1ccc(C)cc1. The molecule has 0 heterocycles. The molecule has 0 aliphatic rings. The van der Waals surface area contributed by atoms with E-state index in [9.17, 15) is 0 Å². The summed E-state index contributed by atoms with van der Waals surface area (Å²) in [7, 11) is 0. The van der Waals surface area contributed by atoms with Crippen molar-refractivity contribution >= 4 is 5.57 Å². The van der Waals surface area contributed by atoms with E-state index in [1.165, 1.54) is 16.7 Å². The minimum atomic E-state index is 0.954. The number of unbranched alkanes of at least 4 members (excludes halogenated alkanes) is 2. The number of benzene rings is 2. The molecule has 0 saturated heterocycles. The Morgan fingerprint density at radius 2 is 1.67 bits per heavy atom. The van der Waals surface area contributed by atoms with Gasteiger partial charge in [0.1, 0.15) is 0 Å². The number of aryl methyl sites for hydroxylation is 1. The van der Waals surface area contributed by atoms with Crippen LogP contribution in [0.2, 0.25) is 0 Å². The van der Waals surface area contributed by atoms with Crippen molar-refractivity contribution in [2.45, 2.75) is 32.6 Å². The van der Waals surface area contributed by atoms with E-state index in [2.05, 4.69) is 49.6 Å². The highest BCUT2D eigenvalue weighted by Crippen LogP contribution is 2.19. The first-order chi connectivity index (χ1) is 10.3. The third-order valence-electron chi connectivity index (χ3n) is 3.50. The van der Waals surface area contributed by atoms with Crippen molar-refractivity contribution in [1.82, 2.24) is 0 Å². The lowest BCUT2D eigenvalue weighted by molar-refractivity contribution is 0.780. The van der Waals surface area contributed by atoms with Crippen molar-refractivity contribution in [2.24, 2.45) is 0 Å². The minimum absolute atomic E-state index is 0.954. The van der Waals surface area contributed by atoms with Crippen LogP contribution in [0.15, 0.2) is 61.2 Å². The Morgan fingerprint density at radius 3 is 2.38 bits per heavy atom. The van der Waals surface area contributed by atoms with Crippen LogP contribution in [-0.4, -0.2) is 0 Å². The molecule has 0 atom stereocenters. The molecule has 106 valence electrons. The van der Waals surface area contributed by atoms with Crippen LogP contribution >= 0.6 is 0 Å². The second-order valence-electron chi connectivity index (χ2n) is 5.34. The first kappa shape index (κ1) is 15.1. The first-order valence-electron chi connectivity index (χ1n) is 7.54. The molecule has 2 rings (SSSR count). The van der Waals surface area contributed by atoms with Crippen molar-refractivity contribution in [1.29, 1.82) is 0 Å². The van der Waals surface area contributed by atoms with Crippen LogP contribution in [0.1, 0.15) is 42.4 Å². The van der Waals surface area contributed by atoms with Crippen LogP contribution in [0.3, 0.4) is 0 Å². The standard InChI is InChI=1S/C21H22/c1-18-14-16-21(17-15-18)19(2)10-6-3-4-7-11-20-12-8-5-9-13-20/h5,8-9,12-17H,2-4,6,10H2,1H3. The van der Waals surface area contributed by atoms with Crippen molar-refractivity contribution in [3.8, 4) is 11.8 Å². The Hall–Kier alpha value is -2.26. The molecule has 0 aliphatic heterocycles. The Bertz CT molecular complexity index is 621. The molecule has 2 aromatic carbocycles. The van der Waals surface area contributed by atoms with Gasteiger partial charge < -0.3 is 0 Å². The monoisotopic (exact) mass is 274 g/mol. The molecule has 0 saturated carbocycles. The maximum atomic E-state index is 4.18. The van der Waals surface area contributed by atoms with E-state index in [4.69, 9.17) is 0 Å². The number of allylic oxidation sites excluding steroid dienone is 1. The van der Waals surface area contributed by atoms with Gasteiger partial charge in [-0.15, -0.1) is 0 Å². The van der Waals surface area contributed by atoms with E-state index < -0.39 is 0 Å². The van der Waals surface area contributed by atoms with Gasteiger partial charge in [0.25, 0.3) is 0 Å². The number of hydrogen-bond acceptors (Lipinski definition) is 0. The molecule has 0 fully saturated rings. The summed E-state index contributed by atoms with van der Waals surface area (Å²) in [5, 5.41) is 0. The quantitative estimate of drug-likeness (QED) is 0.490. The maximum absolute atomic E-state index is 4.18. The van der Waals surface area contributed by atoms with Crippen molar-refractivity contribution in [3.05, 3.63) is 77.9 Å². The zero-order valence-corrected chi connectivity index (χ0v) is 12.7. The number of hydrogen-bond donors (Lipinski definition) is 0. The van der Waals surface area contributed by atoms with Gasteiger partial charge in [0.05, 0.1) is 0 Å². The second kappa shape index (κ2) is 8.12. The molecule has 21 heavy (non-hydrogen) atoms. The number of rotatable bonds is 5. The van der Waals surface area contributed by atoms with Gasteiger partial charge in [-0.25, -0.2) is 0 Å². The van der Waals surface area contributed by atoms with Gasteiger partial charge in [0.15, 0.2) is 0 Å². The average Bonchev–Trinajstić information content (AvgIpc) is 2.52. The summed E-state index contributed by atoms with van der Waals surface area (Å²) in [6, 6.07) is 18.8. The topological polar surface area (TPSA) is 0 Å². The third-order valence-corrected chi connectivity index (χ3v) is 3.50. The zero-order valence-electron chi connectivity index (χ0n) is 12.7. The smallest absolute Gasteiger partial charge is 0.0245 e. The van der Waals surface area contributed by atoms with Crippen LogP contribution < -0.4 is 0 Å². The van der Waals surface area contributed by atoms with Gasteiger partial charge in [0, 0.05) is 12.0 Å². The Kier molecular flexibility index (Phi) is 5.85. The molecular formula is C21H22. The zero-order chi connectivity index (χ0) is 14.9. The lowest BCUT2D eigenvalue weighted by atomic mass is 10.0. The van der Waals surface area contributed by atoms with Crippen molar-refractivity contribution in [2.75, 3.05) is 0 Å². The molecule has 0 N–H and O–H groups in total. The summed E-state index contributed by atoms with van der Waals surface area (Å²) in [6.07, 6.45) is 4.28. The van der Waals surface area contributed by atoms with Crippen LogP contribution in [0, 0.1) is 18.8 Å². The summed E-state index contributed by atoms with van der Waals surface area (Å²) in [5.74, 6) is 6.44. The Balaban J connectivity index is 1.69. The Morgan fingerprint density at radius 1 is 0.952 bits per heavy atom. The lowest BCUT2D eigenvalue weighted by Gasteiger charge is -2.05. The summed E-state index contributed by atoms with van der Waals surface area (Å²) >= 11 is 0. The molecule has 0 aromatic heterocycles. The van der Waals surface area contributed by atoms with E-state index in [0.29, 0.717) is 0 Å². The second-order valence-corrected chi connectivity index (χ2v) is 5.34. The summed E-state index contributed by atoms with van der Waals surface area (Å²) in [6.45, 7) is 6.29. The molecule has 0 heteroatoms. The van der Waals surface area contributed by atoms with E-state index >= 15 is 0 Å². The highest BCUT2D eigenvalue weighted by Gasteiger charge is 1.98. The molecule has 0 spiro atoms. The molecule has 0 nitrogen and oxygen atoms in total. The maximum Gasteiger partial charge on any atom is 0.0245 e. The highest BCUT2D eigenvalue weighted by atomic mass is 14.0. The lowest BCUT2D eigenvalue weighted by Crippen LogP contribution is -1.84. The van der Waals surface area contributed by atoms with E-state index in [1.54, 1.807) is 0 Å². The average molecular weight is 274 g/mol. The van der Waals surface area contributed by atoms with Gasteiger partial charge in [0.2, 0.25) is 0 Å². The van der Waals surface area contributed by atoms with Gasteiger partial charge in [-0.1, -0.05) is 66.4 Å². The fourth-order valence-electron chi connectivity index (χ4n) is 2.17. The fourth-order valence-corrected chi connectivity index (χ4v) is 2.17. The van der Waals surface area contributed by atoms with Crippen LogP contribution in [-0.2, 0) is 0 Å². The van der Waals surface area contributed by atoms with Gasteiger partial charge >= 0.3 is 0 Å². The van der Waals surface area contributed by atoms with Crippen LogP contribution in [0.4, 0.5) is 0 Å². The molecule has 0 amide bonds. The molecule has 0 bridgehead atoms. The van der Waals surface area contributed by atoms with Gasteiger partial charge in [-0.3, -0.25) is 0 Å². The van der Waals surface area contributed by atoms with Crippen molar-refractivity contribution < 1.29 is 0 Å². The minimum Gasteiger partial charge on any atom is -0.0979 e. The molecule has 2 aromatic rings. The molecular weight excluding hydrogens is 252 g/mol. The largest absolute Gasteiger partial charge is 0.0979 e. The van der Waals surface area contributed by atoms with E-state index in [1.807, 2.05) is 30.3 Å². The summed E-state index contributed by atoms with van der Waals surface area (Å²) < 4.78 is 0. The normalized spacial score (nSPS) is 9.76. The van der Waals surface area contributed by atoms with Crippen LogP contribution in [0.25, 0.3) is 5.57 Å². The highest BCUT2D eigenvalue weighted by molar-refractivity contribution is 5.63. The fraction of sp³-hybridized carbons (Fsp3) is 0.238. The van der Waals surface area contributed by atoms with Crippen molar-refractivity contribution in [3.63, 3.8) is 0 Å². The molecule has 0 radical (unpaired) electrons. The predicted octanol–water partition coefficient (Wildman–Crippen LogP) is 5.62.